The highest BCUT2D eigenvalue weighted by Crippen LogP contribution is 2.76. The van der Waals surface area contributed by atoms with E-state index >= 15 is 0 Å². The third-order valence-corrected chi connectivity index (χ3v) is 15.5. The zero-order valence-corrected chi connectivity index (χ0v) is 29.0. The minimum Gasteiger partial charge on any atom is -0.432 e. The van der Waals surface area contributed by atoms with E-state index in [0.717, 1.165) is 12.0 Å². The number of ether oxygens (including phenoxy) is 2. The summed E-state index contributed by atoms with van der Waals surface area (Å²) >= 11 is 0. The predicted molar refractivity (Wildman–Crippen MR) is 171 cm³/mol. The molecule has 2 unspecified atom stereocenters. The highest BCUT2D eigenvalue weighted by Gasteiger charge is 2.72. The minimum atomic E-state index is -1.74. The van der Waals surface area contributed by atoms with Crippen LogP contribution in [0.15, 0.2) is 11.6 Å². The molecular formula is C36H58O12. The maximum absolute atomic E-state index is 14.4. The molecule has 0 bridgehead atoms. The van der Waals surface area contributed by atoms with Gasteiger partial charge in [-0.3, -0.25) is 4.79 Å². The van der Waals surface area contributed by atoms with Gasteiger partial charge in [-0.25, -0.2) is 0 Å². The Morgan fingerprint density at radius 3 is 2.10 bits per heavy atom. The number of carbonyl (C=O) groups excluding carboxylic acids is 1. The van der Waals surface area contributed by atoms with Crippen LogP contribution in [-0.2, 0) is 14.3 Å². The van der Waals surface area contributed by atoms with Gasteiger partial charge in [-0.2, -0.15) is 0 Å². The van der Waals surface area contributed by atoms with Gasteiger partial charge >= 0.3 is 5.97 Å². The van der Waals surface area contributed by atoms with Crippen LogP contribution in [0, 0.1) is 50.2 Å². The van der Waals surface area contributed by atoms with Crippen molar-refractivity contribution in [2.45, 2.75) is 135 Å². The largest absolute Gasteiger partial charge is 0.432 e. The van der Waals surface area contributed by atoms with Crippen LogP contribution in [0.3, 0.4) is 0 Å². The molecule has 6 aliphatic rings. The smallest absolute Gasteiger partial charge is 0.315 e. The Labute approximate surface area is 282 Å². The Hall–Kier alpha value is -1.19. The van der Waals surface area contributed by atoms with Crippen molar-refractivity contribution >= 4 is 5.97 Å². The summed E-state index contributed by atoms with van der Waals surface area (Å²) in [5.74, 6) is -1.49. The molecule has 15 atom stereocenters. The molecule has 5 fully saturated rings. The number of allylic oxidation sites excluding steroid dienone is 1. The lowest BCUT2D eigenvalue weighted by molar-refractivity contribution is -0.298. The van der Waals surface area contributed by atoms with E-state index in [1.807, 2.05) is 13.8 Å². The molecule has 0 spiro atoms. The van der Waals surface area contributed by atoms with Crippen LogP contribution in [0.4, 0.5) is 0 Å². The normalized spacial score (nSPS) is 52.5. The molecule has 0 aromatic heterocycles. The first-order chi connectivity index (χ1) is 22.3. The number of hydrogen-bond acceptors (Lipinski definition) is 12. The maximum atomic E-state index is 14.4. The van der Waals surface area contributed by atoms with E-state index in [4.69, 9.17) is 9.47 Å². The molecule has 1 aliphatic heterocycles. The Morgan fingerprint density at radius 2 is 1.48 bits per heavy atom. The molecule has 0 amide bonds. The van der Waals surface area contributed by atoms with E-state index < -0.39 is 108 Å². The van der Waals surface area contributed by atoms with Crippen LogP contribution in [0.5, 0.6) is 0 Å². The van der Waals surface area contributed by atoms with Crippen molar-refractivity contribution in [1.82, 2.24) is 0 Å². The van der Waals surface area contributed by atoms with Crippen LogP contribution in [0.25, 0.3) is 0 Å². The van der Waals surface area contributed by atoms with Gasteiger partial charge in [0, 0.05) is 11.3 Å². The molecule has 0 aromatic rings. The summed E-state index contributed by atoms with van der Waals surface area (Å²) in [5, 5.41) is 96.6. The third-order valence-electron chi connectivity index (χ3n) is 15.5. The van der Waals surface area contributed by atoms with Crippen molar-refractivity contribution in [2.75, 3.05) is 19.8 Å². The predicted octanol–water partition coefficient (Wildman–Crippen LogP) is 0.379. The van der Waals surface area contributed by atoms with Crippen molar-refractivity contribution in [2.24, 2.45) is 50.2 Å². The van der Waals surface area contributed by atoms with Gasteiger partial charge in [-0.05, 0) is 84.9 Å². The molecule has 1 heterocycles. The van der Waals surface area contributed by atoms with Gasteiger partial charge in [0.2, 0.25) is 6.29 Å². The van der Waals surface area contributed by atoms with Crippen molar-refractivity contribution in [3.05, 3.63) is 11.6 Å². The van der Waals surface area contributed by atoms with E-state index in [1.54, 1.807) is 0 Å². The molecule has 5 aliphatic carbocycles. The van der Waals surface area contributed by atoms with Gasteiger partial charge in [-0.1, -0.05) is 46.3 Å². The van der Waals surface area contributed by atoms with Gasteiger partial charge in [0.05, 0.1) is 43.5 Å². The third kappa shape index (κ3) is 4.66. The summed E-state index contributed by atoms with van der Waals surface area (Å²) in [6, 6.07) is 0. The Morgan fingerprint density at radius 1 is 0.833 bits per heavy atom. The van der Waals surface area contributed by atoms with Crippen LogP contribution in [-0.4, -0.2) is 121 Å². The van der Waals surface area contributed by atoms with E-state index in [0.29, 0.717) is 44.9 Å². The van der Waals surface area contributed by atoms with E-state index in [-0.39, 0.29) is 17.3 Å². The summed E-state index contributed by atoms with van der Waals surface area (Å²) < 4.78 is 11.4. The van der Waals surface area contributed by atoms with Gasteiger partial charge in [0.1, 0.15) is 24.4 Å². The molecule has 9 N–H and O–H groups in total. The van der Waals surface area contributed by atoms with Crippen LogP contribution in [0.1, 0.15) is 86.0 Å². The summed E-state index contributed by atoms with van der Waals surface area (Å²) in [7, 11) is 0. The highest BCUT2D eigenvalue weighted by molar-refractivity contribution is 5.79. The average molecular weight is 683 g/mol. The second-order valence-corrected chi connectivity index (χ2v) is 17.7. The van der Waals surface area contributed by atoms with Gasteiger partial charge in [-0.15, -0.1) is 0 Å². The van der Waals surface area contributed by atoms with Crippen LogP contribution < -0.4 is 0 Å². The van der Waals surface area contributed by atoms with E-state index in [1.165, 1.54) is 0 Å². The summed E-state index contributed by atoms with van der Waals surface area (Å²) in [4.78, 5) is 14.4. The highest BCUT2D eigenvalue weighted by atomic mass is 16.7. The molecule has 0 radical (unpaired) electrons. The Kier molecular flexibility index (Phi) is 9.10. The summed E-state index contributed by atoms with van der Waals surface area (Å²) in [6.07, 6.45) is -4.76. The molecule has 12 nitrogen and oxygen atoms in total. The number of hydrogen-bond donors (Lipinski definition) is 9. The molecule has 0 aromatic carbocycles. The van der Waals surface area contributed by atoms with Gasteiger partial charge in [0.15, 0.2) is 0 Å². The molecule has 48 heavy (non-hydrogen) atoms. The molecule has 1 saturated heterocycles. The second-order valence-electron chi connectivity index (χ2n) is 17.7. The topological polar surface area (TPSA) is 218 Å². The number of carbonyl (C=O) groups is 1. The molecule has 6 rings (SSSR count). The monoisotopic (exact) mass is 682 g/mol. The maximum Gasteiger partial charge on any atom is 0.315 e. The fourth-order valence-electron chi connectivity index (χ4n) is 12.2. The first-order valence-corrected chi connectivity index (χ1v) is 17.8. The minimum absolute atomic E-state index is 0.0134. The number of esters is 1. The first kappa shape index (κ1) is 36.6. The second kappa shape index (κ2) is 11.9. The molecular weight excluding hydrogens is 624 g/mol. The van der Waals surface area contributed by atoms with Crippen LogP contribution in [0.2, 0.25) is 0 Å². The zero-order valence-electron chi connectivity index (χ0n) is 29.0. The molecule has 12 heteroatoms. The number of aliphatic hydroxyl groups is 9. The zero-order chi connectivity index (χ0) is 35.4. The molecule has 4 saturated carbocycles. The lowest BCUT2D eigenvalue weighted by Gasteiger charge is -2.72. The number of rotatable bonds is 5. The summed E-state index contributed by atoms with van der Waals surface area (Å²) in [5.41, 5.74) is -3.27. The van der Waals surface area contributed by atoms with E-state index in [9.17, 15) is 50.8 Å². The fraction of sp³-hybridized carbons (Fsp3) is 0.917. The van der Waals surface area contributed by atoms with Crippen molar-refractivity contribution in [3.8, 4) is 0 Å². The van der Waals surface area contributed by atoms with Gasteiger partial charge < -0.3 is 55.4 Å². The average Bonchev–Trinajstić information content (AvgIpc) is 3.04. The SMILES string of the molecule is CC1(C)CC[C@]2(C(=O)OC3O[C@H](CO)[C@@H](O)[C@H](O)[C@H]3O)CC[C@]3(C)C(=CC[C@H]4[C@@]5(C)C[C@@H](O)[C@H](O)C(CO)(CO)C5CC[C@]43C)[C@@H]2[C@@H]1O. The standard InChI is InChI=1S/C36H58O12/c1-31(2)10-12-35(30(46)48-29-26(43)25(42)24(41)20(15-37)47-29)13-11-33(4)18(23(35)28(31)45)6-7-21-32(3)14-19(40)27(44)36(16-38,17-39)22(32)8-9-34(21,33)5/h6,19-29,37-45H,7-17H2,1-5H3/t19-,20-,21+,22?,23-,24-,25+,26-,27+,28+,29?,32-,33-,34-,35+/m1/s1. The number of aliphatic hydroxyl groups excluding tert-OH is 9. The number of fused-ring (bicyclic) bond motifs is 7. The van der Waals surface area contributed by atoms with Crippen LogP contribution >= 0.6 is 0 Å². The van der Waals surface area contributed by atoms with Crippen molar-refractivity contribution < 1.29 is 60.2 Å². The Bertz CT molecular complexity index is 1280. The van der Waals surface area contributed by atoms with Crippen molar-refractivity contribution in [3.63, 3.8) is 0 Å². The Balaban J connectivity index is 1.39. The lowest BCUT2D eigenvalue weighted by Crippen LogP contribution is -2.70. The quantitative estimate of drug-likeness (QED) is 0.142. The first-order valence-electron chi connectivity index (χ1n) is 17.8. The summed E-state index contributed by atoms with van der Waals surface area (Å²) in [6.45, 7) is 9.07. The van der Waals surface area contributed by atoms with Crippen molar-refractivity contribution in [1.29, 1.82) is 0 Å². The van der Waals surface area contributed by atoms with E-state index in [2.05, 4.69) is 26.8 Å². The lowest BCUT2D eigenvalue weighted by atomic mass is 9.33. The fourth-order valence-corrected chi connectivity index (χ4v) is 12.2. The van der Waals surface area contributed by atoms with Gasteiger partial charge in [0.25, 0.3) is 0 Å². The molecule has 274 valence electrons.